The maximum Gasteiger partial charge on any atom is 0.241 e. The Labute approximate surface area is 146 Å². The molecule has 1 aliphatic rings. The van der Waals surface area contributed by atoms with E-state index in [4.69, 9.17) is 0 Å². The van der Waals surface area contributed by atoms with Crippen LogP contribution in [0, 0.1) is 6.92 Å². The molecule has 3 nitrogen and oxygen atoms in total. The Bertz CT molecular complexity index is 813. The standard InChI is InChI=1S/C18H20BrNO2S/c1-13-7-9-15(10-8-13)23(21,22)20-17-16-6-4-3-5-14(16)11-12-18(17,2)19/h3-10,17,20H,11-12H2,1-2H3/t17-,18-/m0/s1. The number of alkyl halides is 1. The highest BCUT2D eigenvalue weighted by Crippen LogP contribution is 2.43. The van der Waals surface area contributed by atoms with Gasteiger partial charge in [0.1, 0.15) is 0 Å². The fourth-order valence-electron chi connectivity index (χ4n) is 3.02. The minimum Gasteiger partial charge on any atom is -0.207 e. The first-order valence-electron chi connectivity index (χ1n) is 7.65. The van der Waals surface area contributed by atoms with E-state index in [-0.39, 0.29) is 10.4 Å². The monoisotopic (exact) mass is 393 g/mol. The van der Waals surface area contributed by atoms with Crippen LogP contribution in [-0.2, 0) is 16.4 Å². The van der Waals surface area contributed by atoms with E-state index in [9.17, 15) is 8.42 Å². The summed E-state index contributed by atoms with van der Waals surface area (Å²) in [6.07, 6.45) is 1.83. The maximum atomic E-state index is 12.8. The third kappa shape index (κ3) is 3.37. The van der Waals surface area contributed by atoms with Gasteiger partial charge in [0.25, 0.3) is 0 Å². The number of rotatable bonds is 3. The molecule has 0 aromatic heterocycles. The maximum absolute atomic E-state index is 12.8. The number of aryl methyl sites for hydroxylation is 2. The van der Waals surface area contributed by atoms with Gasteiger partial charge < -0.3 is 0 Å². The van der Waals surface area contributed by atoms with Crippen LogP contribution in [0.3, 0.4) is 0 Å². The number of nitrogens with one attached hydrogen (secondary N) is 1. The summed E-state index contributed by atoms with van der Waals surface area (Å²) >= 11 is 3.74. The molecule has 0 spiro atoms. The van der Waals surface area contributed by atoms with Crippen LogP contribution >= 0.6 is 15.9 Å². The molecule has 2 aromatic carbocycles. The molecule has 3 rings (SSSR count). The topological polar surface area (TPSA) is 46.2 Å². The SMILES string of the molecule is Cc1ccc(S(=O)(=O)N[C@H]2c3ccccc3CC[C@]2(C)Br)cc1. The summed E-state index contributed by atoms with van der Waals surface area (Å²) in [4.78, 5) is 0.300. The average Bonchev–Trinajstić information content (AvgIpc) is 2.51. The lowest BCUT2D eigenvalue weighted by molar-refractivity contribution is 0.431. The van der Waals surface area contributed by atoms with Gasteiger partial charge in [-0.05, 0) is 49.9 Å². The zero-order valence-corrected chi connectivity index (χ0v) is 15.6. The van der Waals surface area contributed by atoms with Gasteiger partial charge in [0.2, 0.25) is 10.0 Å². The quantitative estimate of drug-likeness (QED) is 0.797. The molecular weight excluding hydrogens is 374 g/mol. The third-order valence-electron chi connectivity index (χ3n) is 4.46. The van der Waals surface area contributed by atoms with Crippen molar-refractivity contribution in [2.75, 3.05) is 0 Å². The Balaban J connectivity index is 1.99. The highest BCUT2D eigenvalue weighted by molar-refractivity contribution is 9.10. The molecule has 0 aliphatic heterocycles. The van der Waals surface area contributed by atoms with Crippen LogP contribution in [0.4, 0.5) is 0 Å². The van der Waals surface area contributed by atoms with Crippen LogP contribution in [0.5, 0.6) is 0 Å². The Kier molecular flexibility index (Phi) is 4.38. The molecule has 122 valence electrons. The van der Waals surface area contributed by atoms with E-state index in [1.165, 1.54) is 5.56 Å². The second-order valence-corrected chi connectivity index (χ2v) is 9.87. The first kappa shape index (κ1) is 16.7. The summed E-state index contributed by atoms with van der Waals surface area (Å²) in [6, 6.07) is 14.7. The summed E-state index contributed by atoms with van der Waals surface area (Å²) in [5.74, 6) is 0. The van der Waals surface area contributed by atoms with Crippen LogP contribution in [0.25, 0.3) is 0 Å². The van der Waals surface area contributed by atoms with E-state index in [0.717, 1.165) is 24.0 Å². The zero-order valence-electron chi connectivity index (χ0n) is 13.2. The molecule has 0 heterocycles. The van der Waals surface area contributed by atoms with Crippen LogP contribution in [0.2, 0.25) is 0 Å². The second kappa shape index (κ2) is 6.04. The smallest absolute Gasteiger partial charge is 0.207 e. The van der Waals surface area contributed by atoms with Gasteiger partial charge in [-0.3, -0.25) is 0 Å². The zero-order chi connectivity index (χ0) is 16.7. The van der Waals surface area contributed by atoms with Crippen LogP contribution in [-0.4, -0.2) is 12.7 Å². The minimum absolute atomic E-state index is 0.293. The lowest BCUT2D eigenvalue weighted by Gasteiger charge is -2.38. The number of sulfonamides is 1. The predicted molar refractivity (Wildman–Crippen MR) is 96.3 cm³/mol. The van der Waals surface area contributed by atoms with Crippen molar-refractivity contribution in [2.45, 2.75) is 42.0 Å². The largest absolute Gasteiger partial charge is 0.241 e. The first-order valence-corrected chi connectivity index (χ1v) is 9.93. The van der Waals surface area contributed by atoms with Crippen molar-refractivity contribution < 1.29 is 8.42 Å². The normalized spacial score (nSPS) is 24.2. The number of hydrogen-bond donors (Lipinski definition) is 1. The third-order valence-corrected chi connectivity index (χ3v) is 6.75. The fourth-order valence-corrected chi connectivity index (χ4v) is 5.06. The Morgan fingerprint density at radius 3 is 2.48 bits per heavy atom. The summed E-state index contributed by atoms with van der Waals surface area (Å²) < 4.78 is 28.2. The number of hydrogen-bond acceptors (Lipinski definition) is 2. The van der Waals surface area contributed by atoms with E-state index in [0.29, 0.717) is 4.90 Å². The van der Waals surface area contributed by atoms with Gasteiger partial charge in [-0.15, -0.1) is 0 Å². The lowest BCUT2D eigenvalue weighted by atomic mass is 9.81. The predicted octanol–water partition coefficient (Wildman–Crippen LogP) is 4.11. The van der Waals surface area contributed by atoms with Crippen molar-refractivity contribution in [1.29, 1.82) is 0 Å². The molecule has 0 saturated carbocycles. The molecule has 0 radical (unpaired) electrons. The molecule has 0 bridgehead atoms. The molecule has 0 fully saturated rings. The second-order valence-electron chi connectivity index (χ2n) is 6.34. The Hall–Kier alpha value is -1.17. The fraction of sp³-hybridized carbons (Fsp3) is 0.333. The van der Waals surface area contributed by atoms with E-state index in [1.807, 2.05) is 44.2 Å². The Morgan fingerprint density at radius 2 is 1.78 bits per heavy atom. The van der Waals surface area contributed by atoms with Crippen molar-refractivity contribution >= 4 is 26.0 Å². The number of halogens is 1. The molecule has 1 aliphatic carbocycles. The molecule has 2 aromatic rings. The van der Waals surface area contributed by atoms with Crippen molar-refractivity contribution in [2.24, 2.45) is 0 Å². The van der Waals surface area contributed by atoms with Gasteiger partial charge in [0.15, 0.2) is 0 Å². The molecule has 23 heavy (non-hydrogen) atoms. The summed E-state index contributed by atoms with van der Waals surface area (Å²) in [5.41, 5.74) is 3.30. The molecule has 0 amide bonds. The molecule has 2 atom stereocenters. The van der Waals surface area contributed by atoms with E-state index in [2.05, 4.69) is 26.7 Å². The van der Waals surface area contributed by atoms with Gasteiger partial charge in [0.05, 0.1) is 10.9 Å². The minimum atomic E-state index is -3.57. The van der Waals surface area contributed by atoms with Gasteiger partial charge in [0, 0.05) is 4.32 Å². The molecular formula is C18H20BrNO2S. The first-order chi connectivity index (χ1) is 10.8. The molecule has 0 saturated heterocycles. The summed E-state index contributed by atoms with van der Waals surface area (Å²) in [6.45, 7) is 3.99. The van der Waals surface area contributed by atoms with Crippen LogP contribution in [0.15, 0.2) is 53.4 Å². The van der Waals surface area contributed by atoms with Crippen LogP contribution in [0.1, 0.15) is 36.1 Å². The van der Waals surface area contributed by atoms with Crippen molar-refractivity contribution in [1.82, 2.24) is 4.72 Å². The van der Waals surface area contributed by atoms with Gasteiger partial charge in [-0.1, -0.05) is 57.9 Å². The Morgan fingerprint density at radius 1 is 1.13 bits per heavy atom. The highest BCUT2D eigenvalue weighted by atomic mass is 79.9. The molecule has 0 unspecified atom stereocenters. The summed E-state index contributed by atoms with van der Waals surface area (Å²) in [7, 11) is -3.57. The number of benzene rings is 2. The van der Waals surface area contributed by atoms with Crippen LogP contribution < -0.4 is 4.72 Å². The van der Waals surface area contributed by atoms with E-state index in [1.54, 1.807) is 12.1 Å². The van der Waals surface area contributed by atoms with Gasteiger partial charge in [-0.25, -0.2) is 13.1 Å². The van der Waals surface area contributed by atoms with Crippen molar-refractivity contribution in [3.63, 3.8) is 0 Å². The highest BCUT2D eigenvalue weighted by Gasteiger charge is 2.39. The van der Waals surface area contributed by atoms with Gasteiger partial charge in [-0.2, -0.15) is 0 Å². The molecule has 5 heteroatoms. The summed E-state index contributed by atoms with van der Waals surface area (Å²) in [5, 5.41) is 0. The average molecular weight is 394 g/mol. The molecule has 1 N–H and O–H groups in total. The van der Waals surface area contributed by atoms with Crippen molar-refractivity contribution in [3.8, 4) is 0 Å². The lowest BCUT2D eigenvalue weighted by Crippen LogP contribution is -2.43. The van der Waals surface area contributed by atoms with Crippen molar-refractivity contribution in [3.05, 3.63) is 65.2 Å². The van der Waals surface area contributed by atoms with Gasteiger partial charge >= 0.3 is 0 Å². The number of fused-ring (bicyclic) bond motifs is 1. The van der Waals surface area contributed by atoms with E-state index < -0.39 is 10.0 Å². The van der Waals surface area contributed by atoms with E-state index >= 15 is 0 Å².